The van der Waals surface area contributed by atoms with Gasteiger partial charge in [-0.1, -0.05) is 12.1 Å². The monoisotopic (exact) mass is 267 g/mol. The molecule has 0 saturated heterocycles. The lowest BCUT2D eigenvalue weighted by atomic mass is 10.1. The Labute approximate surface area is 114 Å². The summed E-state index contributed by atoms with van der Waals surface area (Å²) in [6.07, 6.45) is 0.303. The van der Waals surface area contributed by atoms with E-state index in [2.05, 4.69) is 5.32 Å². The molecule has 19 heavy (non-hydrogen) atoms. The summed E-state index contributed by atoms with van der Waals surface area (Å²) in [5.41, 5.74) is 0.412. The van der Waals surface area contributed by atoms with Crippen LogP contribution < -0.4 is 5.32 Å². The number of ether oxygens (including phenoxy) is 1. The Balaban J connectivity index is 2.35. The first-order valence-corrected chi connectivity index (χ1v) is 6.48. The molecule has 0 aliphatic heterocycles. The lowest BCUT2D eigenvalue weighted by Gasteiger charge is -2.20. The topological polar surface area (TPSA) is 38.3 Å². The minimum atomic E-state index is -0.453. The molecule has 0 bridgehead atoms. The molecule has 0 radical (unpaired) electrons. The summed E-state index contributed by atoms with van der Waals surface area (Å²) in [7, 11) is 0. The van der Waals surface area contributed by atoms with E-state index in [4.69, 9.17) is 4.74 Å². The van der Waals surface area contributed by atoms with Gasteiger partial charge < -0.3 is 10.1 Å². The summed E-state index contributed by atoms with van der Waals surface area (Å²) in [6.45, 7) is 7.96. The molecule has 0 fully saturated rings. The van der Waals surface area contributed by atoms with Crippen molar-refractivity contribution < 1.29 is 13.9 Å². The van der Waals surface area contributed by atoms with E-state index in [9.17, 15) is 9.18 Å². The maximum absolute atomic E-state index is 13.1. The molecule has 0 aliphatic rings. The minimum absolute atomic E-state index is 0.00173. The van der Waals surface area contributed by atoms with Gasteiger partial charge in [-0.3, -0.25) is 4.79 Å². The molecule has 3 nitrogen and oxygen atoms in total. The third kappa shape index (κ3) is 6.34. The molecule has 0 spiro atoms. The molecule has 0 amide bonds. The van der Waals surface area contributed by atoms with E-state index >= 15 is 0 Å². The third-order valence-electron chi connectivity index (χ3n) is 2.55. The summed E-state index contributed by atoms with van der Waals surface area (Å²) in [6, 6.07) is 6.44. The SMILES string of the molecule is C[C@@H](NCCC(=O)OC(C)(C)C)c1cccc(F)c1. The predicted molar refractivity (Wildman–Crippen MR) is 73.3 cm³/mol. The first-order chi connectivity index (χ1) is 8.78. The van der Waals surface area contributed by atoms with Gasteiger partial charge in [0.2, 0.25) is 0 Å². The molecule has 0 heterocycles. The van der Waals surface area contributed by atoms with Gasteiger partial charge in [0.25, 0.3) is 0 Å². The highest BCUT2D eigenvalue weighted by Gasteiger charge is 2.16. The summed E-state index contributed by atoms with van der Waals surface area (Å²) < 4.78 is 18.3. The van der Waals surface area contributed by atoms with Crippen molar-refractivity contribution in [2.24, 2.45) is 0 Å². The molecule has 106 valence electrons. The van der Waals surface area contributed by atoms with Gasteiger partial charge in [-0.15, -0.1) is 0 Å². The molecule has 4 heteroatoms. The van der Waals surface area contributed by atoms with Crippen LogP contribution in [0.25, 0.3) is 0 Å². The maximum atomic E-state index is 13.1. The van der Waals surface area contributed by atoms with Crippen LogP contribution in [-0.2, 0) is 9.53 Å². The molecule has 1 N–H and O–H groups in total. The molecule has 0 unspecified atom stereocenters. The Morgan fingerprint density at radius 1 is 1.42 bits per heavy atom. The van der Waals surface area contributed by atoms with Crippen molar-refractivity contribution in [2.75, 3.05) is 6.54 Å². The molecule has 1 atom stereocenters. The van der Waals surface area contributed by atoms with Crippen LogP contribution in [-0.4, -0.2) is 18.1 Å². The molecular formula is C15H22FNO2. The number of hydrogen-bond donors (Lipinski definition) is 1. The smallest absolute Gasteiger partial charge is 0.307 e. The molecule has 1 aromatic carbocycles. The highest BCUT2D eigenvalue weighted by molar-refractivity contribution is 5.70. The second-order valence-corrected chi connectivity index (χ2v) is 5.57. The number of hydrogen-bond acceptors (Lipinski definition) is 3. The highest BCUT2D eigenvalue weighted by Crippen LogP contribution is 2.13. The van der Waals surface area contributed by atoms with Crippen molar-refractivity contribution in [1.82, 2.24) is 5.32 Å². The van der Waals surface area contributed by atoms with Crippen LogP contribution >= 0.6 is 0 Å². The van der Waals surface area contributed by atoms with Crippen molar-refractivity contribution in [3.63, 3.8) is 0 Å². The quantitative estimate of drug-likeness (QED) is 0.832. The first-order valence-electron chi connectivity index (χ1n) is 6.48. The van der Waals surface area contributed by atoms with Crippen molar-refractivity contribution in [2.45, 2.75) is 45.8 Å². The second-order valence-electron chi connectivity index (χ2n) is 5.57. The lowest BCUT2D eigenvalue weighted by molar-refractivity contribution is -0.154. The number of benzene rings is 1. The van der Waals surface area contributed by atoms with Crippen molar-refractivity contribution in [3.8, 4) is 0 Å². The first kappa shape index (κ1) is 15.6. The third-order valence-corrected chi connectivity index (χ3v) is 2.55. The van der Waals surface area contributed by atoms with E-state index in [1.54, 1.807) is 6.07 Å². The van der Waals surface area contributed by atoms with Crippen LogP contribution in [0.15, 0.2) is 24.3 Å². The number of rotatable bonds is 5. The summed E-state index contributed by atoms with van der Waals surface area (Å²) in [5, 5.41) is 3.18. The molecule has 0 saturated carbocycles. The zero-order valence-corrected chi connectivity index (χ0v) is 12.0. The van der Waals surface area contributed by atoms with E-state index in [-0.39, 0.29) is 17.8 Å². The summed E-state index contributed by atoms with van der Waals surface area (Å²) in [5.74, 6) is -0.482. The fraction of sp³-hybridized carbons (Fsp3) is 0.533. The standard InChI is InChI=1S/C15H22FNO2/c1-11(12-6-5-7-13(16)10-12)17-9-8-14(18)19-15(2,3)4/h5-7,10-11,17H,8-9H2,1-4H3/t11-/m1/s1. The number of nitrogens with one attached hydrogen (secondary N) is 1. The van der Waals surface area contributed by atoms with Crippen LogP contribution in [0.5, 0.6) is 0 Å². The molecule has 1 rings (SSSR count). The average molecular weight is 267 g/mol. The number of carbonyl (C=O) groups is 1. The van der Waals surface area contributed by atoms with Crippen LogP contribution in [0.2, 0.25) is 0 Å². The average Bonchev–Trinajstić information content (AvgIpc) is 2.26. The molecule has 0 aliphatic carbocycles. The fourth-order valence-electron chi connectivity index (χ4n) is 1.68. The highest BCUT2D eigenvalue weighted by atomic mass is 19.1. The zero-order chi connectivity index (χ0) is 14.5. The van der Waals surface area contributed by atoms with Gasteiger partial charge in [0.15, 0.2) is 0 Å². The van der Waals surface area contributed by atoms with E-state index in [0.717, 1.165) is 5.56 Å². The number of carbonyl (C=O) groups excluding carboxylic acids is 1. The Kier molecular flexibility index (Phi) is 5.48. The predicted octanol–water partition coefficient (Wildman–Crippen LogP) is 3.21. The number of halogens is 1. The van der Waals surface area contributed by atoms with Crippen molar-refractivity contribution in [1.29, 1.82) is 0 Å². The Morgan fingerprint density at radius 3 is 2.68 bits per heavy atom. The summed E-state index contributed by atoms with van der Waals surface area (Å²) in [4.78, 5) is 11.5. The maximum Gasteiger partial charge on any atom is 0.307 e. The fourth-order valence-corrected chi connectivity index (χ4v) is 1.68. The van der Waals surface area contributed by atoms with E-state index in [0.29, 0.717) is 13.0 Å². The largest absolute Gasteiger partial charge is 0.460 e. The van der Waals surface area contributed by atoms with Gasteiger partial charge in [0.05, 0.1) is 6.42 Å². The van der Waals surface area contributed by atoms with Gasteiger partial charge in [0, 0.05) is 12.6 Å². The van der Waals surface area contributed by atoms with Gasteiger partial charge in [-0.05, 0) is 45.4 Å². The van der Waals surface area contributed by atoms with Crippen LogP contribution in [0, 0.1) is 5.82 Å². The molecule has 0 aromatic heterocycles. The molecule has 1 aromatic rings. The van der Waals surface area contributed by atoms with Crippen molar-refractivity contribution in [3.05, 3.63) is 35.6 Å². The van der Waals surface area contributed by atoms with Crippen LogP contribution in [0.4, 0.5) is 4.39 Å². The van der Waals surface area contributed by atoms with E-state index in [1.165, 1.54) is 12.1 Å². The Bertz CT molecular complexity index is 426. The molecular weight excluding hydrogens is 245 g/mol. The van der Waals surface area contributed by atoms with Gasteiger partial charge >= 0.3 is 5.97 Å². The Hall–Kier alpha value is -1.42. The Morgan fingerprint density at radius 2 is 2.11 bits per heavy atom. The summed E-state index contributed by atoms with van der Waals surface area (Å²) >= 11 is 0. The van der Waals surface area contributed by atoms with Crippen LogP contribution in [0.1, 0.15) is 45.7 Å². The van der Waals surface area contributed by atoms with Crippen molar-refractivity contribution >= 4 is 5.97 Å². The van der Waals surface area contributed by atoms with Gasteiger partial charge in [-0.25, -0.2) is 4.39 Å². The zero-order valence-electron chi connectivity index (χ0n) is 12.0. The van der Waals surface area contributed by atoms with Crippen LogP contribution in [0.3, 0.4) is 0 Å². The van der Waals surface area contributed by atoms with E-state index < -0.39 is 5.60 Å². The lowest BCUT2D eigenvalue weighted by Crippen LogP contribution is -2.27. The van der Waals surface area contributed by atoms with Gasteiger partial charge in [0.1, 0.15) is 11.4 Å². The van der Waals surface area contributed by atoms with Gasteiger partial charge in [-0.2, -0.15) is 0 Å². The number of esters is 1. The second kappa shape index (κ2) is 6.66. The van der Waals surface area contributed by atoms with E-state index in [1.807, 2.05) is 33.8 Å². The normalized spacial score (nSPS) is 13.1. The minimum Gasteiger partial charge on any atom is -0.460 e.